The number of aryl methyl sites for hydroxylation is 2. The lowest BCUT2D eigenvalue weighted by Crippen LogP contribution is -2.24. The van der Waals surface area contributed by atoms with E-state index in [2.05, 4.69) is 28.5 Å². The summed E-state index contributed by atoms with van der Waals surface area (Å²) in [5.41, 5.74) is 1.56. The summed E-state index contributed by atoms with van der Waals surface area (Å²) in [6.07, 6.45) is 4.71. The van der Waals surface area contributed by atoms with Crippen LogP contribution in [-0.2, 0) is 24.6 Å². The molecule has 2 N–H and O–H groups in total. The minimum Gasteiger partial charge on any atom is -0.333 e. The lowest BCUT2D eigenvalue weighted by molar-refractivity contribution is 0.672. The molecule has 0 saturated heterocycles. The second kappa shape index (κ2) is 4.65. The maximum absolute atomic E-state index is 5.45. The molecule has 8 heteroatoms. The summed E-state index contributed by atoms with van der Waals surface area (Å²) in [5.74, 6) is 0. The molecule has 1 aliphatic carbocycles. The topological polar surface area (TPSA) is 37.0 Å². The van der Waals surface area contributed by atoms with E-state index < -0.39 is 5.54 Å². The first-order valence-electron chi connectivity index (χ1n) is 6.42. The van der Waals surface area contributed by atoms with Gasteiger partial charge in [-0.3, -0.25) is 0 Å². The normalized spacial score (nSPS) is 24.8. The molecule has 20 heavy (non-hydrogen) atoms. The summed E-state index contributed by atoms with van der Waals surface area (Å²) in [6.45, 7) is 0. The number of thiocarbonyl (C=S) groups is 1. The van der Waals surface area contributed by atoms with Crippen molar-refractivity contribution in [1.29, 1.82) is 0 Å². The van der Waals surface area contributed by atoms with Gasteiger partial charge in [0.15, 0.2) is 5.54 Å². The van der Waals surface area contributed by atoms with Gasteiger partial charge in [0.25, 0.3) is 0 Å². The molecule has 2 aromatic rings. The second-order valence-corrected chi connectivity index (χ2v) is 12.4. The highest BCUT2D eigenvalue weighted by molar-refractivity contribution is 8.63. The molecule has 104 valence electrons. The van der Waals surface area contributed by atoms with Crippen molar-refractivity contribution >= 4 is 74.0 Å². The van der Waals surface area contributed by atoms with Crippen molar-refractivity contribution < 1.29 is 0 Å². The van der Waals surface area contributed by atoms with E-state index in [-0.39, 0.29) is 0 Å². The van der Waals surface area contributed by atoms with Crippen LogP contribution in [0.4, 0.5) is 5.69 Å². The molecule has 3 nitrogen and oxygen atoms in total. The number of nitrogens with one attached hydrogen (secondary N) is 2. The Bertz CT molecular complexity index is 798. The summed E-state index contributed by atoms with van der Waals surface area (Å²) >= 11 is 17.0. The third-order valence-corrected chi connectivity index (χ3v) is 7.59. The van der Waals surface area contributed by atoms with Crippen LogP contribution < -0.4 is 10.2 Å². The molecule has 0 amide bonds. The van der Waals surface area contributed by atoms with Crippen LogP contribution in [0.15, 0.2) is 6.07 Å². The van der Waals surface area contributed by atoms with Gasteiger partial charge in [0, 0.05) is 11.1 Å². The van der Waals surface area contributed by atoms with E-state index in [1.54, 1.807) is 11.3 Å². The first kappa shape index (κ1) is 13.5. The fraction of sp³-hybridized carbons (Fsp3) is 0.333. The Morgan fingerprint density at radius 3 is 2.95 bits per heavy atom. The third-order valence-electron chi connectivity index (χ3n) is 3.68. The second-order valence-electron chi connectivity index (χ2n) is 5.09. The highest BCUT2D eigenvalue weighted by Crippen LogP contribution is 2.54. The van der Waals surface area contributed by atoms with Gasteiger partial charge in [0.05, 0.1) is 10.6 Å². The molecule has 0 spiro atoms. The smallest absolute Gasteiger partial charge is 0.172 e. The van der Waals surface area contributed by atoms with Crippen molar-refractivity contribution in [2.75, 3.05) is 5.09 Å². The molecular weight excluding hydrogens is 345 g/mol. The molecule has 0 radical (unpaired) electrons. The molecule has 2 aromatic heterocycles. The van der Waals surface area contributed by atoms with Crippen molar-refractivity contribution in [3.63, 3.8) is 0 Å². The van der Waals surface area contributed by atoms with E-state index >= 15 is 0 Å². The van der Waals surface area contributed by atoms with Crippen LogP contribution in [0.2, 0.25) is 0 Å². The number of rotatable bonds is 0. The predicted molar refractivity (Wildman–Crippen MR) is 98.0 cm³/mol. The van der Waals surface area contributed by atoms with Crippen LogP contribution in [0.3, 0.4) is 0 Å². The number of aromatic nitrogens is 1. The summed E-state index contributed by atoms with van der Waals surface area (Å²) in [5, 5.41) is 7.64. The van der Waals surface area contributed by atoms with Gasteiger partial charge in [-0.25, -0.2) is 4.98 Å². The van der Waals surface area contributed by atoms with E-state index in [1.165, 1.54) is 24.1 Å². The summed E-state index contributed by atoms with van der Waals surface area (Å²) in [6, 6.07) is 2.27. The van der Waals surface area contributed by atoms with Crippen LogP contribution >= 0.6 is 41.3 Å². The first-order valence-corrected chi connectivity index (χ1v) is 11.6. The van der Waals surface area contributed by atoms with Gasteiger partial charge in [-0.05, 0) is 49.1 Å². The van der Waals surface area contributed by atoms with Crippen molar-refractivity contribution in [3.05, 3.63) is 22.2 Å². The standard InChI is InChI=1S/C12H12N3PS4/c17-11-10-9(14-16(18,19)15-11)7-5-6-3-1-2-4-8(6)13-12(7)20-10/h5H,1-4H2,(H3,14,15,17,18,19). The number of pyridine rings is 1. The largest absolute Gasteiger partial charge is 0.333 e. The lowest BCUT2D eigenvalue weighted by Gasteiger charge is -2.26. The Morgan fingerprint density at radius 1 is 1.30 bits per heavy atom. The Kier molecular flexibility index (Phi) is 3.13. The Morgan fingerprint density at radius 2 is 2.10 bits per heavy atom. The number of hydrogen-bond acceptors (Lipinski definition) is 4. The molecule has 2 aliphatic rings. The summed E-state index contributed by atoms with van der Waals surface area (Å²) in [4.78, 5) is 7.65. The Hall–Kier alpha value is -0.200. The molecule has 4 rings (SSSR count). The molecule has 0 bridgehead atoms. The van der Waals surface area contributed by atoms with Gasteiger partial charge in [-0.15, -0.1) is 23.6 Å². The zero-order chi connectivity index (χ0) is 13.9. The van der Waals surface area contributed by atoms with E-state index in [0.717, 1.165) is 33.6 Å². The molecule has 1 atom stereocenters. The zero-order valence-corrected chi connectivity index (χ0v) is 14.7. The predicted octanol–water partition coefficient (Wildman–Crippen LogP) is 4.02. The number of fused-ring (bicyclic) bond motifs is 4. The Balaban J connectivity index is 1.98. The molecular formula is C12H12N3PS4. The summed E-state index contributed by atoms with van der Waals surface area (Å²) < 4.78 is 0. The molecule has 3 heterocycles. The van der Waals surface area contributed by atoms with Crippen LogP contribution in [0.5, 0.6) is 0 Å². The molecule has 0 fully saturated rings. The number of anilines is 1. The zero-order valence-electron chi connectivity index (χ0n) is 10.5. The van der Waals surface area contributed by atoms with Crippen molar-refractivity contribution in [2.24, 2.45) is 0 Å². The number of thiophene rings is 1. The van der Waals surface area contributed by atoms with Gasteiger partial charge < -0.3 is 10.2 Å². The maximum Gasteiger partial charge on any atom is 0.172 e. The van der Waals surface area contributed by atoms with E-state index in [1.807, 2.05) is 0 Å². The average Bonchev–Trinajstić information content (AvgIpc) is 2.73. The average molecular weight is 357 g/mol. The minimum absolute atomic E-state index is 0.707. The SMILES string of the molecule is S=C1NP(=S)(S)Nc2c1sc1nc3c(cc21)CCCC3. The number of hydrogen-bond donors (Lipinski definition) is 3. The molecule has 1 unspecified atom stereocenters. The van der Waals surface area contributed by atoms with Gasteiger partial charge in [-0.1, -0.05) is 12.2 Å². The van der Waals surface area contributed by atoms with Gasteiger partial charge >= 0.3 is 0 Å². The quantitative estimate of drug-likeness (QED) is 0.377. The van der Waals surface area contributed by atoms with Gasteiger partial charge in [-0.2, -0.15) is 0 Å². The van der Waals surface area contributed by atoms with Gasteiger partial charge in [0.1, 0.15) is 9.82 Å². The van der Waals surface area contributed by atoms with Crippen LogP contribution in [0.1, 0.15) is 29.0 Å². The maximum atomic E-state index is 5.45. The summed E-state index contributed by atoms with van der Waals surface area (Å²) in [7, 11) is 0. The van der Waals surface area contributed by atoms with E-state index in [9.17, 15) is 0 Å². The minimum atomic E-state index is -2.11. The fourth-order valence-electron chi connectivity index (χ4n) is 2.78. The van der Waals surface area contributed by atoms with E-state index in [0.29, 0.717) is 4.99 Å². The highest BCUT2D eigenvalue weighted by Gasteiger charge is 2.28. The van der Waals surface area contributed by atoms with Gasteiger partial charge in [0.2, 0.25) is 0 Å². The van der Waals surface area contributed by atoms with Crippen molar-refractivity contribution in [3.8, 4) is 0 Å². The van der Waals surface area contributed by atoms with Crippen LogP contribution in [0.25, 0.3) is 10.2 Å². The molecule has 0 saturated carbocycles. The van der Waals surface area contributed by atoms with Crippen LogP contribution in [0, 0.1) is 0 Å². The highest BCUT2D eigenvalue weighted by atomic mass is 32.9. The van der Waals surface area contributed by atoms with E-state index in [4.69, 9.17) is 29.0 Å². The van der Waals surface area contributed by atoms with Crippen molar-refractivity contribution in [2.45, 2.75) is 25.7 Å². The molecule has 1 aliphatic heterocycles. The molecule has 0 aromatic carbocycles. The monoisotopic (exact) mass is 357 g/mol. The van der Waals surface area contributed by atoms with Crippen LogP contribution in [-0.4, -0.2) is 9.97 Å². The first-order chi connectivity index (χ1) is 9.53. The number of nitrogens with zero attached hydrogens (tertiary/aromatic N) is 1. The number of thiol groups is 1. The fourth-order valence-corrected chi connectivity index (χ4v) is 7.10. The third kappa shape index (κ3) is 2.11. The lowest BCUT2D eigenvalue weighted by atomic mass is 9.95. The van der Waals surface area contributed by atoms with Crippen molar-refractivity contribution in [1.82, 2.24) is 10.1 Å². The Labute approximate surface area is 136 Å².